The first-order valence-electron chi connectivity index (χ1n) is 5.95. The van der Waals surface area contributed by atoms with Crippen molar-refractivity contribution in [3.63, 3.8) is 0 Å². The topological polar surface area (TPSA) is 71.5 Å². The van der Waals surface area contributed by atoms with E-state index in [9.17, 15) is 9.90 Å². The number of fused-ring (bicyclic) bond motifs is 1. The van der Waals surface area contributed by atoms with Gasteiger partial charge in [-0.25, -0.2) is 4.98 Å². The second-order valence-corrected chi connectivity index (χ2v) is 5.05. The summed E-state index contributed by atoms with van der Waals surface area (Å²) in [5.74, 6) is 0.0677. The number of ether oxygens (including phenoxy) is 1. The third kappa shape index (κ3) is 2.04. The first-order valence-corrected chi connectivity index (χ1v) is 6.32. The second kappa shape index (κ2) is 4.40. The van der Waals surface area contributed by atoms with E-state index < -0.39 is 0 Å². The molecule has 1 aliphatic heterocycles. The van der Waals surface area contributed by atoms with Gasteiger partial charge in [0.2, 0.25) is 5.91 Å². The molecular formula is C12H13ClN2O3. The van der Waals surface area contributed by atoms with Gasteiger partial charge in [-0.2, -0.15) is 0 Å². The first-order chi connectivity index (χ1) is 8.66. The standard InChI is InChI=1S/C12H13ClN2O3/c13-8-4-3-7(16)11(14-8)15-12(17)9-6-2-1-5-18-10(6)9/h3-4,6,9-10,16H,1-2,5H2,(H,14,15,17). The van der Waals surface area contributed by atoms with Gasteiger partial charge in [0, 0.05) is 12.5 Å². The molecule has 0 radical (unpaired) electrons. The van der Waals surface area contributed by atoms with Gasteiger partial charge >= 0.3 is 0 Å². The molecule has 6 heteroatoms. The molecule has 2 aliphatic rings. The number of carbonyl (C=O) groups is 1. The van der Waals surface area contributed by atoms with E-state index in [-0.39, 0.29) is 34.6 Å². The predicted octanol–water partition coefficient (Wildman–Crippen LogP) is 1.80. The van der Waals surface area contributed by atoms with Gasteiger partial charge in [0.15, 0.2) is 11.6 Å². The lowest BCUT2D eigenvalue weighted by molar-refractivity contribution is -0.118. The molecule has 0 spiro atoms. The van der Waals surface area contributed by atoms with E-state index in [1.165, 1.54) is 12.1 Å². The van der Waals surface area contributed by atoms with Gasteiger partial charge in [0.1, 0.15) is 5.15 Å². The largest absolute Gasteiger partial charge is 0.504 e. The maximum atomic E-state index is 12.0. The highest BCUT2D eigenvalue weighted by Crippen LogP contribution is 2.48. The van der Waals surface area contributed by atoms with Crippen LogP contribution in [0.5, 0.6) is 5.75 Å². The van der Waals surface area contributed by atoms with Crippen molar-refractivity contribution in [2.24, 2.45) is 11.8 Å². The zero-order chi connectivity index (χ0) is 12.7. The van der Waals surface area contributed by atoms with E-state index >= 15 is 0 Å². The second-order valence-electron chi connectivity index (χ2n) is 4.66. The fourth-order valence-corrected chi connectivity index (χ4v) is 2.66. The average Bonchev–Trinajstić information content (AvgIpc) is 3.08. The number of carbonyl (C=O) groups excluding carboxylic acids is 1. The van der Waals surface area contributed by atoms with Crippen molar-refractivity contribution >= 4 is 23.3 Å². The molecule has 3 atom stereocenters. The van der Waals surface area contributed by atoms with E-state index in [1.807, 2.05) is 0 Å². The maximum Gasteiger partial charge on any atom is 0.231 e. The molecule has 96 valence electrons. The molecule has 5 nitrogen and oxygen atoms in total. The number of nitrogens with one attached hydrogen (secondary N) is 1. The number of amides is 1. The zero-order valence-electron chi connectivity index (χ0n) is 9.60. The van der Waals surface area contributed by atoms with Crippen LogP contribution in [0.2, 0.25) is 5.15 Å². The van der Waals surface area contributed by atoms with Crippen LogP contribution in [0.25, 0.3) is 0 Å². The third-order valence-corrected chi connectivity index (χ3v) is 3.68. The Morgan fingerprint density at radius 3 is 3.11 bits per heavy atom. The molecule has 18 heavy (non-hydrogen) atoms. The number of hydrogen-bond acceptors (Lipinski definition) is 4. The molecule has 2 heterocycles. The van der Waals surface area contributed by atoms with Crippen LogP contribution >= 0.6 is 11.6 Å². The Morgan fingerprint density at radius 2 is 2.39 bits per heavy atom. The molecule has 1 amide bonds. The molecule has 2 N–H and O–H groups in total. The lowest BCUT2D eigenvalue weighted by Gasteiger charge is -2.07. The highest BCUT2D eigenvalue weighted by molar-refractivity contribution is 6.29. The van der Waals surface area contributed by atoms with Crippen LogP contribution in [0.4, 0.5) is 5.82 Å². The van der Waals surface area contributed by atoms with Crippen LogP contribution < -0.4 is 5.32 Å². The SMILES string of the molecule is O=C(Nc1nc(Cl)ccc1O)C1C2CCCOC21. The highest BCUT2D eigenvalue weighted by atomic mass is 35.5. The Labute approximate surface area is 109 Å². The number of halogens is 1. The van der Waals surface area contributed by atoms with E-state index in [1.54, 1.807) is 0 Å². The van der Waals surface area contributed by atoms with Crippen molar-refractivity contribution in [3.05, 3.63) is 17.3 Å². The molecule has 1 saturated carbocycles. The van der Waals surface area contributed by atoms with Crippen LogP contribution in [0.1, 0.15) is 12.8 Å². The van der Waals surface area contributed by atoms with Gasteiger partial charge in [0.25, 0.3) is 0 Å². The van der Waals surface area contributed by atoms with Crippen LogP contribution in [0.3, 0.4) is 0 Å². The summed E-state index contributed by atoms with van der Waals surface area (Å²) in [7, 11) is 0. The minimum atomic E-state index is -0.156. The Kier molecular flexibility index (Phi) is 2.87. The summed E-state index contributed by atoms with van der Waals surface area (Å²) in [6.45, 7) is 0.728. The summed E-state index contributed by atoms with van der Waals surface area (Å²) in [4.78, 5) is 15.9. The molecule has 3 unspecified atom stereocenters. The molecular weight excluding hydrogens is 256 g/mol. The molecule has 1 aromatic rings. The number of pyridine rings is 1. The van der Waals surface area contributed by atoms with E-state index in [4.69, 9.17) is 16.3 Å². The Balaban J connectivity index is 1.69. The number of aromatic hydroxyl groups is 1. The third-order valence-electron chi connectivity index (χ3n) is 3.47. The fraction of sp³-hybridized carbons (Fsp3) is 0.500. The quantitative estimate of drug-likeness (QED) is 0.803. The highest BCUT2D eigenvalue weighted by Gasteiger charge is 2.56. The fourth-order valence-electron chi connectivity index (χ4n) is 2.52. The summed E-state index contributed by atoms with van der Waals surface area (Å²) in [6, 6.07) is 2.87. The summed E-state index contributed by atoms with van der Waals surface area (Å²) < 4.78 is 5.51. The number of hydrogen-bond donors (Lipinski definition) is 2. The summed E-state index contributed by atoms with van der Waals surface area (Å²) in [6.07, 6.45) is 2.07. The first kappa shape index (κ1) is 11.7. The van der Waals surface area contributed by atoms with Crippen molar-refractivity contribution in [1.82, 2.24) is 4.98 Å². The van der Waals surface area contributed by atoms with Crippen molar-refractivity contribution in [2.75, 3.05) is 11.9 Å². The van der Waals surface area contributed by atoms with Crippen LogP contribution in [0, 0.1) is 11.8 Å². The molecule has 3 rings (SSSR count). The van der Waals surface area contributed by atoms with Crippen molar-refractivity contribution in [3.8, 4) is 5.75 Å². The molecule has 1 aromatic heterocycles. The van der Waals surface area contributed by atoms with Gasteiger partial charge in [-0.15, -0.1) is 0 Å². The van der Waals surface area contributed by atoms with Crippen LogP contribution in [0.15, 0.2) is 12.1 Å². The number of rotatable bonds is 2. The van der Waals surface area contributed by atoms with Crippen LogP contribution in [-0.4, -0.2) is 28.7 Å². The minimum Gasteiger partial charge on any atom is -0.504 e. The summed E-state index contributed by atoms with van der Waals surface area (Å²) in [5.41, 5.74) is 0. The van der Waals surface area contributed by atoms with Crippen molar-refractivity contribution in [1.29, 1.82) is 0 Å². The summed E-state index contributed by atoms with van der Waals surface area (Å²) >= 11 is 5.72. The van der Waals surface area contributed by atoms with Crippen LogP contribution in [-0.2, 0) is 9.53 Å². The number of aromatic nitrogens is 1. The molecule has 0 bridgehead atoms. The smallest absolute Gasteiger partial charge is 0.231 e. The van der Waals surface area contributed by atoms with Gasteiger partial charge in [0.05, 0.1) is 12.0 Å². The summed E-state index contributed by atoms with van der Waals surface area (Å²) in [5, 5.41) is 12.4. The number of anilines is 1. The van der Waals surface area contributed by atoms with E-state index in [2.05, 4.69) is 10.3 Å². The Morgan fingerprint density at radius 1 is 1.56 bits per heavy atom. The van der Waals surface area contributed by atoms with Crippen molar-refractivity contribution in [2.45, 2.75) is 18.9 Å². The lowest BCUT2D eigenvalue weighted by Crippen LogP contribution is -2.17. The van der Waals surface area contributed by atoms with Gasteiger partial charge in [-0.3, -0.25) is 4.79 Å². The molecule has 1 saturated heterocycles. The molecule has 0 aromatic carbocycles. The molecule has 2 fully saturated rings. The normalized spacial score (nSPS) is 29.5. The average molecular weight is 269 g/mol. The Hall–Kier alpha value is -1.33. The van der Waals surface area contributed by atoms with Crippen molar-refractivity contribution < 1.29 is 14.6 Å². The van der Waals surface area contributed by atoms with Gasteiger partial charge in [-0.05, 0) is 25.0 Å². The Bertz CT molecular complexity index is 482. The van der Waals surface area contributed by atoms with Gasteiger partial charge in [-0.1, -0.05) is 11.6 Å². The number of nitrogens with zero attached hydrogens (tertiary/aromatic N) is 1. The van der Waals surface area contributed by atoms with E-state index in [0.29, 0.717) is 5.92 Å². The zero-order valence-corrected chi connectivity index (χ0v) is 10.4. The monoisotopic (exact) mass is 268 g/mol. The maximum absolute atomic E-state index is 12.0. The van der Waals surface area contributed by atoms with Gasteiger partial charge < -0.3 is 15.2 Å². The van der Waals surface area contributed by atoms with E-state index in [0.717, 1.165) is 19.4 Å². The molecule has 1 aliphatic carbocycles. The minimum absolute atomic E-state index is 0.0417. The lowest BCUT2D eigenvalue weighted by atomic mass is 10.2. The predicted molar refractivity (Wildman–Crippen MR) is 65.5 cm³/mol.